The summed E-state index contributed by atoms with van der Waals surface area (Å²) in [7, 11) is 2.32. The largest absolute Gasteiger partial charge is 0.120 e. The quantitative estimate of drug-likeness (QED) is 0.425. The monoisotopic (exact) mass is 149 g/mol. The van der Waals surface area contributed by atoms with Crippen LogP contribution in [0.1, 0.15) is 34.1 Å². The highest BCUT2D eigenvalue weighted by atomic mass is 14.2. The summed E-state index contributed by atoms with van der Waals surface area (Å²) in [4.78, 5) is 0. The van der Waals surface area contributed by atoms with Crippen molar-refractivity contribution >= 4 is 7.28 Å². The van der Waals surface area contributed by atoms with Crippen LogP contribution >= 0.6 is 0 Å². The molecule has 1 radical (unpaired) electrons. The predicted molar refractivity (Wildman–Crippen MR) is 52.9 cm³/mol. The molecule has 0 aliphatic carbocycles. The first-order valence-electron chi connectivity index (χ1n) is 4.35. The molecule has 1 atom stereocenters. The SMILES string of the molecule is C#CC(C)(C)[C@H](C)[B]CCC. The molecular formula is C10H18B. The van der Waals surface area contributed by atoms with E-state index in [0.717, 1.165) is 0 Å². The van der Waals surface area contributed by atoms with Gasteiger partial charge in [-0.2, -0.15) is 0 Å². The second-order valence-electron chi connectivity index (χ2n) is 3.68. The molecule has 0 rings (SSSR count). The van der Waals surface area contributed by atoms with E-state index in [0.29, 0.717) is 5.82 Å². The summed E-state index contributed by atoms with van der Waals surface area (Å²) in [6.45, 7) is 8.61. The molecule has 0 unspecified atom stereocenters. The van der Waals surface area contributed by atoms with Crippen LogP contribution in [0.5, 0.6) is 0 Å². The Bertz CT molecular complexity index is 141. The average molecular weight is 149 g/mol. The minimum atomic E-state index is 0.0230. The van der Waals surface area contributed by atoms with Crippen molar-refractivity contribution in [3.8, 4) is 12.3 Å². The molecule has 0 spiro atoms. The van der Waals surface area contributed by atoms with E-state index >= 15 is 0 Å². The van der Waals surface area contributed by atoms with Gasteiger partial charge in [0.2, 0.25) is 0 Å². The van der Waals surface area contributed by atoms with Gasteiger partial charge in [-0.15, -0.1) is 12.3 Å². The van der Waals surface area contributed by atoms with Gasteiger partial charge >= 0.3 is 0 Å². The summed E-state index contributed by atoms with van der Waals surface area (Å²) >= 11 is 0. The Kier molecular flexibility index (Phi) is 4.34. The standard InChI is InChI=1S/C10H18B/c1-6-8-11-9(3)10(4,5)7-2/h2,9H,6,8H2,1,3-5H3/t9-/m0/s1. The van der Waals surface area contributed by atoms with Crippen LogP contribution in [-0.2, 0) is 0 Å². The molecule has 0 saturated carbocycles. The first-order valence-corrected chi connectivity index (χ1v) is 4.35. The third-order valence-electron chi connectivity index (χ3n) is 2.32. The zero-order valence-corrected chi connectivity index (χ0v) is 8.15. The van der Waals surface area contributed by atoms with Crippen molar-refractivity contribution in [1.29, 1.82) is 0 Å². The lowest BCUT2D eigenvalue weighted by molar-refractivity contribution is 0.480. The normalized spacial score (nSPS) is 13.7. The minimum Gasteiger partial charge on any atom is -0.120 e. The smallest absolute Gasteiger partial charge is 0.115 e. The second-order valence-corrected chi connectivity index (χ2v) is 3.68. The fourth-order valence-corrected chi connectivity index (χ4v) is 0.843. The van der Waals surface area contributed by atoms with Gasteiger partial charge < -0.3 is 0 Å². The molecule has 0 saturated heterocycles. The molecule has 0 aliphatic heterocycles. The molecule has 0 fully saturated rings. The van der Waals surface area contributed by atoms with E-state index in [9.17, 15) is 0 Å². The zero-order chi connectivity index (χ0) is 8.91. The summed E-state index contributed by atoms with van der Waals surface area (Å²) in [5.74, 6) is 3.34. The molecule has 61 valence electrons. The maximum absolute atomic E-state index is 5.41. The van der Waals surface area contributed by atoms with Gasteiger partial charge in [-0.25, -0.2) is 0 Å². The van der Waals surface area contributed by atoms with E-state index in [4.69, 9.17) is 6.42 Å². The van der Waals surface area contributed by atoms with E-state index in [1.165, 1.54) is 12.7 Å². The summed E-state index contributed by atoms with van der Waals surface area (Å²) in [6, 6.07) is 0. The van der Waals surface area contributed by atoms with Gasteiger partial charge in [0, 0.05) is 5.41 Å². The molecule has 0 bridgehead atoms. The van der Waals surface area contributed by atoms with Crippen LogP contribution in [0.25, 0.3) is 0 Å². The van der Waals surface area contributed by atoms with Gasteiger partial charge in [-0.05, 0) is 13.8 Å². The highest BCUT2D eigenvalue weighted by Gasteiger charge is 2.22. The van der Waals surface area contributed by atoms with E-state index < -0.39 is 0 Å². The average Bonchev–Trinajstić information content (AvgIpc) is 2.00. The summed E-state index contributed by atoms with van der Waals surface area (Å²) < 4.78 is 0. The Morgan fingerprint density at radius 2 is 2.09 bits per heavy atom. The fourth-order valence-electron chi connectivity index (χ4n) is 0.843. The topological polar surface area (TPSA) is 0 Å². The van der Waals surface area contributed by atoms with Crippen molar-refractivity contribution in [2.75, 3.05) is 0 Å². The molecule has 0 aromatic carbocycles. The maximum Gasteiger partial charge on any atom is 0.115 e. The Hall–Kier alpha value is -0.375. The van der Waals surface area contributed by atoms with Crippen LogP contribution in [0.2, 0.25) is 12.1 Å². The molecule has 0 nitrogen and oxygen atoms in total. The third-order valence-corrected chi connectivity index (χ3v) is 2.32. The highest BCUT2D eigenvalue weighted by Crippen LogP contribution is 2.30. The lowest BCUT2D eigenvalue weighted by atomic mass is 9.53. The highest BCUT2D eigenvalue weighted by molar-refractivity contribution is 6.37. The lowest BCUT2D eigenvalue weighted by Gasteiger charge is -2.25. The van der Waals surface area contributed by atoms with Crippen molar-refractivity contribution < 1.29 is 0 Å². The van der Waals surface area contributed by atoms with Crippen LogP contribution in [0.15, 0.2) is 0 Å². The van der Waals surface area contributed by atoms with Gasteiger partial charge in [-0.3, -0.25) is 0 Å². The van der Waals surface area contributed by atoms with Crippen molar-refractivity contribution in [2.45, 2.75) is 46.3 Å². The van der Waals surface area contributed by atoms with Gasteiger partial charge in [-0.1, -0.05) is 32.4 Å². The van der Waals surface area contributed by atoms with Crippen LogP contribution in [0.4, 0.5) is 0 Å². The minimum absolute atomic E-state index is 0.0230. The van der Waals surface area contributed by atoms with E-state index in [2.05, 4.69) is 40.9 Å². The van der Waals surface area contributed by atoms with E-state index in [1.54, 1.807) is 0 Å². The summed E-state index contributed by atoms with van der Waals surface area (Å²) in [5.41, 5.74) is 0.0230. The van der Waals surface area contributed by atoms with Crippen molar-refractivity contribution in [2.24, 2.45) is 5.41 Å². The summed E-state index contributed by atoms with van der Waals surface area (Å²) in [5, 5.41) is 0. The van der Waals surface area contributed by atoms with Gasteiger partial charge in [0.1, 0.15) is 7.28 Å². The molecule has 0 heterocycles. The molecule has 0 amide bonds. The number of hydrogen-bond donors (Lipinski definition) is 0. The zero-order valence-electron chi connectivity index (χ0n) is 8.15. The van der Waals surface area contributed by atoms with Gasteiger partial charge in [0.15, 0.2) is 0 Å². The second kappa shape index (κ2) is 4.49. The van der Waals surface area contributed by atoms with E-state index in [1.807, 2.05) is 0 Å². The fraction of sp³-hybridized carbons (Fsp3) is 0.800. The number of rotatable bonds is 4. The molecule has 0 N–H and O–H groups in total. The molecule has 11 heavy (non-hydrogen) atoms. The van der Waals surface area contributed by atoms with Gasteiger partial charge in [0.05, 0.1) is 0 Å². The molecular weight excluding hydrogens is 131 g/mol. The van der Waals surface area contributed by atoms with Crippen molar-refractivity contribution in [1.82, 2.24) is 0 Å². The predicted octanol–water partition coefficient (Wildman–Crippen LogP) is 2.99. The first kappa shape index (κ1) is 10.6. The molecule has 0 aromatic heterocycles. The van der Waals surface area contributed by atoms with Crippen LogP contribution in [0.3, 0.4) is 0 Å². The Balaban J connectivity index is 3.83. The van der Waals surface area contributed by atoms with Crippen LogP contribution < -0.4 is 0 Å². The Morgan fingerprint density at radius 1 is 1.55 bits per heavy atom. The summed E-state index contributed by atoms with van der Waals surface area (Å²) in [6.07, 6.45) is 7.80. The third kappa shape index (κ3) is 3.51. The van der Waals surface area contributed by atoms with E-state index in [-0.39, 0.29) is 5.41 Å². The molecule has 0 aliphatic rings. The Labute approximate surface area is 72.0 Å². The van der Waals surface area contributed by atoms with Crippen molar-refractivity contribution in [3.63, 3.8) is 0 Å². The Morgan fingerprint density at radius 3 is 2.45 bits per heavy atom. The van der Waals surface area contributed by atoms with Crippen molar-refractivity contribution in [3.05, 3.63) is 0 Å². The van der Waals surface area contributed by atoms with Crippen LogP contribution in [0, 0.1) is 17.8 Å². The first-order chi connectivity index (χ1) is 5.04. The number of hydrogen-bond acceptors (Lipinski definition) is 0. The number of terminal acetylenes is 1. The molecule has 1 heteroatoms. The maximum atomic E-state index is 5.41. The molecule has 0 aromatic rings. The van der Waals surface area contributed by atoms with Gasteiger partial charge in [0.25, 0.3) is 0 Å². The van der Waals surface area contributed by atoms with Crippen LogP contribution in [-0.4, -0.2) is 7.28 Å². The lowest BCUT2D eigenvalue weighted by Crippen LogP contribution is -2.19.